The molecule has 112 valence electrons. The summed E-state index contributed by atoms with van der Waals surface area (Å²) in [7, 11) is 0. The van der Waals surface area contributed by atoms with Gasteiger partial charge < -0.3 is 15.0 Å². The van der Waals surface area contributed by atoms with Crippen LogP contribution in [-0.2, 0) is 4.74 Å². The molecule has 0 atom stereocenters. The maximum atomic E-state index is 12.2. The quantitative estimate of drug-likeness (QED) is 0.806. The van der Waals surface area contributed by atoms with Crippen molar-refractivity contribution in [1.29, 1.82) is 0 Å². The Morgan fingerprint density at radius 2 is 2.24 bits per heavy atom. The maximum Gasteiger partial charge on any atom is 0.253 e. The lowest BCUT2D eigenvalue weighted by molar-refractivity contribution is 0.0374. The number of ether oxygens (including phenoxy) is 1. The van der Waals surface area contributed by atoms with Crippen molar-refractivity contribution in [2.24, 2.45) is 0 Å². The second-order valence-corrected chi connectivity index (χ2v) is 5.17. The summed E-state index contributed by atoms with van der Waals surface area (Å²) in [6.45, 7) is 5.27. The van der Waals surface area contributed by atoms with E-state index in [0.29, 0.717) is 12.1 Å². The summed E-state index contributed by atoms with van der Waals surface area (Å²) in [6, 6.07) is 5.58. The minimum atomic E-state index is -0.0605. The number of amides is 1. The van der Waals surface area contributed by atoms with Crippen LogP contribution in [-0.4, -0.2) is 60.2 Å². The molecule has 21 heavy (non-hydrogen) atoms. The largest absolute Gasteiger partial charge is 0.379 e. The fourth-order valence-corrected chi connectivity index (χ4v) is 2.57. The van der Waals surface area contributed by atoms with Crippen LogP contribution >= 0.6 is 0 Å². The lowest BCUT2D eigenvalue weighted by atomic mass is 10.1. The number of carbonyl (C=O) groups is 1. The highest BCUT2D eigenvalue weighted by molar-refractivity contribution is 6.04. The number of para-hydroxylation sites is 1. The van der Waals surface area contributed by atoms with E-state index < -0.39 is 0 Å². The van der Waals surface area contributed by atoms with Gasteiger partial charge in [0.15, 0.2) is 0 Å². The number of H-pyrrole nitrogens is 1. The average molecular weight is 288 g/mol. The minimum Gasteiger partial charge on any atom is -0.379 e. The van der Waals surface area contributed by atoms with Gasteiger partial charge in [-0.05, 0) is 25.1 Å². The third-order valence-corrected chi connectivity index (χ3v) is 3.73. The van der Waals surface area contributed by atoms with Gasteiger partial charge in [-0.15, -0.1) is 0 Å². The Morgan fingerprint density at radius 1 is 1.38 bits per heavy atom. The number of rotatable bonds is 5. The van der Waals surface area contributed by atoms with Crippen molar-refractivity contribution in [3.05, 3.63) is 30.1 Å². The molecule has 0 saturated carbocycles. The van der Waals surface area contributed by atoms with Crippen LogP contribution in [0, 0.1) is 0 Å². The van der Waals surface area contributed by atoms with E-state index in [1.165, 1.54) is 0 Å². The standard InChI is InChI=1S/C15H20N4O2/c20-15(12-3-1-4-13-14(12)18-11-17-13)16-5-2-6-19-7-9-21-10-8-19/h1,3-4,11H,2,5-10H2,(H,16,20)(H,17,18). The molecule has 6 heteroatoms. The van der Waals surface area contributed by atoms with Gasteiger partial charge in [0.25, 0.3) is 5.91 Å². The molecular formula is C15H20N4O2. The molecule has 0 unspecified atom stereocenters. The number of hydrogen-bond donors (Lipinski definition) is 2. The van der Waals surface area contributed by atoms with Crippen LogP contribution in [0.4, 0.5) is 0 Å². The molecule has 0 radical (unpaired) electrons. The average Bonchev–Trinajstić information content (AvgIpc) is 3.01. The molecule has 1 saturated heterocycles. The Morgan fingerprint density at radius 3 is 3.10 bits per heavy atom. The Kier molecular flexibility index (Phi) is 4.47. The highest BCUT2D eigenvalue weighted by atomic mass is 16.5. The number of benzene rings is 1. The van der Waals surface area contributed by atoms with Crippen LogP contribution < -0.4 is 5.32 Å². The molecule has 1 aliphatic rings. The predicted molar refractivity (Wildman–Crippen MR) is 80.3 cm³/mol. The topological polar surface area (TPSA) is 70.2 Å². The number of aromatic nitrogens is 2. The number of morpholine rings is 1. The van der Waals surface area contributed by atoms with Gasteiger partial charge in [0.05, 0.1) is 30.6 Å². The van der Waals surface area contributed by atoms with Gasteiger partial charge in [-0.2, -0.15) is 0 Å². The summed E-state index contributed by atoms with van der Waals surface area (Å²) in [6.07, 6.45) is 2.56. The Balaban J connectivity index is 1.49. The Bertz CT molecular complexity index is 604. The number of carbonyl (C=O) groups excluding carboxylic acids is 1. The van der Waals surface area contributed by atoms with Crippen molar-refractivity contribution in [3.8, 4) is 0 Å². The number of nitrogens with zero attached hydrogens (tertiary/aromatic N) is 2. The molecule has 2 N–H and O–H groups in total. The smallest absolute Gasteiger partial charge is 0.253 e. The summed E-state index contributed by atoms with van der Waals surface area (Å²) in [5, 5.41) is 2.97. The molecule has 1 amide bonds. The van der Waals surface area contributed by atoms with Crippen LogP contribution in [0.1, 0.15) is 16.8 Å². The van der Waals surface area contributed by atoms with Gasteiger partial charge >= 0.3 is 0 Å². The highest BCUT2D eigenvalue weighted by Gasteiger charge is 2.12. The van der Waals surface area contributed by atoms with E-state index in [0.717, 1.165) is 50.3 Å². The molecule has 1 aromatic heterocycles. The second-order valence-electron chi connectivity index (χ2n) is 5.17. The van der Waals surface area contributed by atoms with Crippen LogP contribution in [0.3, 0.4) is 0 Å². The van der Waals surface area contributed by atoms with E-state index >= 15 is 0 Å². The first-order valence-electron chi connectivity index (χ1n) is 7.35. The molecule has 0 bridgehead atoms. The molecule has 1 fully saturated rings. The molecule has 2 aromatic rings. The Labute approximate surface area is 123 Å². The van der Waals surface area contributed by atoms with Gasteiger partial charge in [0, 0.05) is 19.6 Å². The zero-order valence-electron chi connectivity index (χ0n) is 12.0. The van der Waals surface area contributed by atoms with Crippen molar-refractivity contribution in [3.63, 3.8) is 0 Å². The second kappa shape index (κ2) is 6.69. The molecule has 3 rings (SSSR count). The van der Waals surface area contributed by atoms with Gasteiger partial charge in [-0.1, -0.05) is 6.07 Å². The van der Waals surface area contributed by atoms with Gasteiger partial charge in [0.2, 0.25) is 0 Å². The minimum absolute atomic E-state index is 0.0605. The summed E-state index contributed by atoms with van der Waals surface area (Å²) in [5.74, 6) is -0.0605. The molecule has 1 aliphatic heterocycles. The van der Waals surface area contributed by atoms with Crippen LogP contribution in [0.5, 0.6) is 0 Å². The summed E-state index contributed by atoms with van der Waals surface area (Å²) >= 11 is 0. The normalized spacial score (nSPS) is 16.2. The van der Waals surface area contributed by atoms with Crippen molar-refractivity contribution in [1.82, 2.24) is 20.2 Å². The van der Waals surface area contributed by atoms with E-state index in [2.05, 4.69) is 20.2 Å². The van der Waals surface area contributed by atoms with E-state index in [-0.39, 0.29) is 5.91 Å². The highest BCUT2D eigenvalue weighted by Crippen LogP contribution is 2.14. The molecule has 0 aliphatic carbocycles. The molecule has 2 heterocycles. The Hall–Kier alpha value is -1.92. The molecule has 0 spiro atoms. The first kappa shape index (κ1) is 14.0. The van der Waals surface area contributed by atoms with E-state index in [4.69, 9.17) is 4.74 Å². The molecule has 6 nitrogen and oxygen atoms in total. The van der Waals surface area contributed by atoms with Crippen LogP contribution in [0.25, 0.3) is 11.0 Å². The van der Waals surface area contributed by atoms with Gasteiger partial charge in [-0.25, -0.2) is 4.98 Å². The first-order valence-corrected chi connectivity index (χ1v) is 7.35. The number of aromatic amines is 1. The zero-order valence-corrected chi connectivity index (χ0v) is 12.0. The van der Waals surface area contributed by atoms with Crippen LogP contribution in [0.2, 0.25) is 0 Å². The van der Waals surface area contributed by atoms with E-state index in [1.807, 2.05) is 12.1 Å². The van der Waals surface area contributed by atoms with Crippen LogP contribution in [0.15, 0.2) is 24.5 Å². The monoisotopic (exact) mass is 288 g/mol. The van der Waals surface area contributed by atoms with Crippen molar-refractivity contribution in [2.75, 3.05) is 39.4 Å². The zero-order chi connectivity index (χ0) is 14.5. The van der Waals surface area contributed by atoms with Crippen molar-refractivity contribution < 1.29 is 9.53 Å². The van der Waals surface area contributed by atoms with Gasteiger partial charge in [0.1, 0.15) is 5.52 Å². The SMILES string of the molecule is O=C(NCCCN1CCOCC1)c1cccc2[nH]cnc12. The number of imidazole rings is 1. The fourth-order valence-electron chi connectivity index (χ4n) is 2.57. The number of nitrogens with one attached hydrogen (secondary N) is 2. The summed E-state index contributed by atoms with van der Waals surface area (Å²) in [5.41, 5.74) is 2.24. The lowest BCUT2D eigenvalue weighted by Crippen LogP contribution is -2.38. The van der Waals surface area contributed by atoms with E-state index in [9.17, 15) is 4.79 Å². The van der Waals surface area contributed by atoms with E-state index in [1.54, 1.807) is 12.4 Å². The number of fused-ring (bicyclic) bond motifs is 1. The predicted octanol–water partition coefficient (Wildman–Crippen LogP) is 1.01. The maximum absolute atomic E-state index is 12.2. The first-order chi connectivity index (χ1) is 10.3. The summed E-state index contributed by atoms with van der Waals surface area (Å²) in [4.78, 5) is 21.8. The van der Waals surface area contributed by atoms with Crippen molar-refractivity contribution in [2.45, 2.75) is 6.42 Å². The van der Waals surface area contributed by atoms with Gasteiger partial charge in [-0.3, -0.25) is 9.69 Å². The lowest BCUT2D eigenvalue weighted by Gasteiger charge is -2.26. The molecular weight excluding hydrogens is 268 g/mol. The summed E-state index contributed by atoms with van der Waals surface area (Å²) < 4.78 is 5.31. The molecule has 1 aromatic carbocycles. The third-order valence-electron chi connectivity index (χ3n) is 3.73. The number of hydrogen-bond acceptors (Lipinski definition) is 4. The third kappa shape index (κ3) is 3.40. The fraction of sp³-hybridized carbons (Fsp3) is 0.467. The van der Waals surface area contributed by atoms with Crippen molar-refractivity contribution >= 4 is 16.9 Å².